The van der Waals surface area contributed by atoms with E-state index in [9.17, 15) is 8.42 Å². The molecule has 1 aromatic heterocycles. The summed E-state index contributed by atoms with van der Waals surface area (Å²) < 4.78 is 36.3. The molecule has 3 aromatic rings. The van der Waals surface area contributed by atoms with Crippen molar-refractivity contribution in [3.63, 3.8) is 0 Å². The van der Waals surface area contributed by atoms with E-state index in [1.165, 1.54) is 0 Å². The molecule has 1 saturated carbocycles. The molecular weight excluding hydrogens is 330 g/mol. The van der Waals surface area contributed by atoms with Gasteiger partial charge in [-0.2, -0.15) is 13.1 Å². The Morgan fingerprint density at radius 1 is 1.04 bits per heavy atom. The first kappa shape index (κ1) is 14.7. The van der Waals surface area contributed by atoms with E-state index in [4.69, 9.17) is 0 Å². The number of rotatable bonds is 5. The lowest BCUT2D eigenvalue weighted by molar-refractivity contribution is 0.399. The lowest BCUT2D eigenvalue weighted by atomic mass is 10.2. The van der Waals surface area contributed by atoms with Gasteiger partial charge in [0.2, 0.25) is 10.0 Å². The Morgan fingerprint density at radius 3 is 2.57 bits per heavy atom. The van der Waals surface area contributed by atoms with Crippen molar-refractivity contribution in [1.82, 2.24) is 13.1 Å². The van der Waals surface area contributed by atoms with Gasteiger partial charge in [0.15, 0.2) is 0 Å². The third kappa shape index (κ3) is 2.75. The highest BCUT2D eigenvalue weighted by atomic mass is 32.2. The molecule has 0 bridgehead atoms. The van der Waals surface area contributed by atoms with E-state index < -0.39 is 10.0 Å². The van der Waals surface area contributed by atoms with Gasteiger partial charge in [-0.15, -0.1) is 0 Å². The minimum absolute atomic E-state index is 0.0852. The first-order chi connectivity index (χ1) is 11.2. The fourth-order valence-electron chi connectivity index (χ4n) is 2.65. The van der Waals surface area contributed by atoms with Gasteiger partial charge in [-0.1, -0.05) is 36.4 Å². The van der Waals surface area contributed by atoms with Crippen LogP contribution in [0.3, 0.4) is 0 Å². The first-order valence-corrected chi connectivity index (χ1v) is 9.60. The average Bonchev–Trinajstić information content (AvgIpc) is 3.28. The topological polar surface area (TPSA) is 63.2 Å². The number of hydrogen-bond donors (Lipinski definition) is 0. The Bertz CT molecular complexity index is 934. The van der Waals surface area contributed by atoms with Crippen LogP contribution in [0.2, 0.25) is 0 Å². The van der Waals surface area contributed by atoms with Crippen LogP contribution in [0, 0.1) is 0 Å². The standard InChI is InChI=1S/C16H15N3O2S2/c20-23(21,15-8-4-7-14-16(15)18-22-17-14)19(13-9-10-13)11-12-5-2-1-3-6-12/h1-8,13H,9-11H2. The molecule has 2 aromatic carbocycles. The van der Waals surface area contributed by atoms with Crippen LogP contribution >= 0.6 is 11.7 Å². The van der Waals surface area contributed by atoms with Gasteiger partial charge in [-0.25, -0.2) is 8.42 Å². The monoisotopic (exact) mass is 345 g/mol. The van der Waals surface area contributed by atoms with E-state index in [1.807, 2.05) is 30.3 Å². The molecule has 1 aliphatic carbocycles. The Balaban J connectivity index is 1.77. The Morgan fingerprint density at radius 2 is 1.83 bits per heavy atom. The van der Waals surface area contributed by atoms with E-state index in [0.717, 1.165) is 30.1 Å². The van der Waals surface area contributed by atoms with Crippen LogP contribution in [0.25, 0.3) is 11.0 Å². The summed E-state index contributed by atoms with van der Waals surface area (Å²) in [5, 5.41) is 0. The maximum absolute atomic E-state index is 13.2. The number of fused-ring (bicyclic) bond motifs is 1. The molecular formula is C16H15N3O2S2. The summed E-state index contributed by atoms with van der Waals surface area (Å²) in [5.74, 6) is 0. The van der Waals surface area contributed by atoms with Crippen molar-refractivity contribution in [3.8, 4) is 0 Å². The van der Waals surface area contributed by atoms with E-state index >= 15 is 0 Å². The first-order valence-electron chi connectivity index (χ1n) is 7.43. The van der Waals surface area contributed by atoms with Crippen LogP contribution < -0.4 is 0 Å². The van der Waals surface area contributed by atoms with Crippen molar-refractivity contribution < 1.29 is 8.42 Å². The maximum atomic E-state index is 13.2. The fourth-order valence-corrected chi connectivity index (χ4v) is 5.08. The Kier molecular flexibility index (Phi) is 3.63. The highest BCUT2D eigenvalue weighted by Gasteiger charge is 2.39. The molecule has 0 radical (unpaired) electrons. The number of benzene rings is 2. The lowest BCUT2D eigenvalue weighted by Gasteiger charge is -2.22. The summed E-state index contributed by atoms with van der Waals surface area (Å²) in [6.07, 6.45) is 1.83. The molecule has 0 atom stereocenters. The lowest BCUT2D eigenvalue weighted by Crippen LogP contribution is -2.32. The summed E-state index contributed by atoms with van der Waals surface area (Å²) >= 11 is 1.04. The molecule has 5 nitrogen and oxygen atoms in total. The normalized spacial score (nSPS) is 15.3. The highest BCUT2D eigenvalue weighted by molar-refractivity contribution is 7.89. The summed E-state index contributed by atoms with van der Waals surface area (Å²) in [6.45, 7) is 0.391. The van der Waals surface area contributed by atoms with Gasteiger partial charge in [0.05, 0.1) is 11.7 Å². The van der Waals surface area contributed by atoms with Gasteiger partial charge in [-0.3, -0.25) is 0 Å². The molecule has 0 aliphatic heterocycles. The minimum Gasteiger partial charge on any atom is -0.207 e. The molecule has 0 saturated heterocycles. The van der Waals surface area contributed by atoms with Gasteiger partial charge in [0.25, 0.3) is 0 Å². The Labute approximate surface area is 139 Å². The molecule has 0 amide bonds. The summed E-state index contributed by atoms with van der Waals surface area (Å²) in [4.78, 5) is 0.256. The molecule has 1 heterocycles. The summed E-state index contributed by atoms with van der Waals surface area (Å²) in [6, 6.07) is 14.9. The summed E-state index contributed by atoms with van der Waals surface area (Å²) in [7, 11) is -3.60. The van der Waals surface area contributed by atoms with Crippen LogP contribution in [-0.4, -0.2) is 27.5 Å². The molecule has 7 heteroatoms. The van der Waals surface area contributed by atoms with E-state index in [0.29, 0.717) is 17.6 Å². The molecule has 1 fully saturated rings. The number of nitrogens with zero attached hydrogens (tertiary/aromatic N) is 3. The second kappa shape index (κ2) is 5.67. The van der Waals surface area contributed by atoms with Crippen molar-refractivity contribution in [1.29, 1.82) is 0 Å². The van der Waals surface area contributed by atoms with Crippen LogP contribution in [-0.2, 0) is 16.6 Å². The van der Waals surface area contributed by atoms with Crippen LogP contribution in [0.1, 0.15) is 18.4 Å². The van der Waals surface area contributed by atoms with Gasteiger partial charge in [-0.05, 0) is 30.5 Å². The van der Waals surface area contributed by atoms with Crippen molar-refractivity contribution in [3.05, 3.63) is 54.1 Å². The van der Waals surface area contributed by atoms with E-state index in [1.54, 1.807) is 22.5 Å². The quantitative estimate of drug-likeness (QED) is 0.713. The molecule has 1 aliphatic rings. The molecule has 4 rings (SSSR count). The zero-order chi connectivity index (χ0) is 15.9. The fraction of sp³-hybridized carbons (Fsp3) is 0.250. The van der Waals surface area contributed by atoms with Crippen LogP contribution in [0.5, 0.6) is 0 Å². The third-order valence-corrected chi connectivity index (χ3v) is 6.44. The SMILES string of the molecule is O=S(=O)(c1cccc2nsnc12)N(Cc1ccccc1)C1CC1. The zero-order valence-corrected chi connectivity index (χ0v) is 13.9. The maximum Gasteiger partial charge on any atom is 0.245 e. The van der Waals surface area contributed by atoms with Gasteiger partial charge < -0.3 is 0 Å². The van der Waals surface area contributed by atoms with Crippen molar-refractivity contribution in [2.24, 2.45) is 0 Å². The van der Waals surface area contributed by atoms with E-state index in [2.05, 4.69) is 8.75 Å². The number of hydrogen-bond acceptors (Lipinski definition) is 5. The second-order valence-corrected chi connectivity index (χ2v) is 8.04. The smallest absolute Gasteiger partial charge is 0.207 e. The zero-order valence-electron chi connectivity index (χ0n) is 12.3. The largest absolute Gasteiger partial charge is 0.245 e. The van der Waals surface area contributed by atoms with E-state index in [-0.39, 0.29) is 10.9 Å². The number of sulfonamides is 1. The molecule has 0 spiro atoms. The van der Waals surface area contributed by atoms with Crippen LogP contribution in [0.15, 0.2) is 53.4 Å². The minimum atomic E-state index is -3.60. The van der Waals surface area contributed by atoms with Gasteiger partial charge in [0, 0.05) is 12.6 Å². The van der Waals surface area contributed by atoms with Crippen molar-refractivity contribution in [2.75, 3.05) is 0 Å². The molecule has 23 heavy (non-hydrogen) atoms. The van der Waals surface area contributed by atoms with Crippen molar-refractivity contribution in [2.45, 2.75) is 30.3 Å². The highest BCUT2D eigenvalue weighted by Crippen LogP contribution is 2.35. The number of aromatic nitrogens is 2. The van der Waals surface area contributed by atoms with Gasteiger partial charge >= 0.3 is 0 Å². The average molecular weight is 345 g/mol. The van der Waals surface area contributed by atoms with Crippen molar-refractivity contribution >= 4 is 32.8 Å². The molecule has 118 valence electrons. The van der Waals surface area contributed by atoms with Crippen LogP contribution in [0.4, 0.5) is 0 Å². The predicted molar refractivity (Wildman–Crippen MR) is 89.6 cm³/mol. The van der Waals surface area contributed by atoms with Gasteiger partial charge in [0.1, 0.15) is 15.9 Å². The second-order valence-electron chi connectivity index (χ2n) is 5.66. The third-order valence-electron chi connectivity index (χ3n) is 3.97. The molecule has 0 N–H and O–H groups in total. The summed E-state index contributed by atoms with van der Waals surface area (Å²) in [5.41, 5.74) is 2.09. The predicted octanol–water partition coefficient (Wildman–Crippen LogP) is 3.04. The molecule has 0 unspecified atom stereocenters. The Hall–Kier alpha value is -1.83.